The first-order valence-electron chi connectivity index (χ1n) is 32.6. The summed E-state index contributed by atoms with van der Waals surface area (Å²) < 4.78 is 0. The van der Waals surface area contributed by atoms with Gasteiger partial charge in [0.05, 0.1) is 0 Å². The predicted molar refractivity (Wildman–Crippen MR) is 319 cm³/mol. The van der Waals surface area contributed by atoms with E-state index >= 15 is 0 Å². The van der Waals surface area contributed by atoms with Crippen molar-refractivity contribution in [3.05, 3.63) is 0 Å². The summed E-state index contributed by atoms with van der Waals surface area (Å²) in [7, 11) is 0. The van der Waals surface area contributed by atoms with Crippen molar-refractivity contribution in [2.75, 3.05) is 78.5 Å². The van der Waals surface area contributed by atoms with Crippen molar-refractivity contribution in [1.82, 2.24) is 36.4 Å². The van der Waals surface area contributed by atoms with Crippen LogP contribution in [0.5, 0.6) is 0 Å². The maximum absolute atomic E-state index is 12.9. The molecule has 0 saturated heterocycles. The highest BCUT2D eigenvalue weighted by Gasteiger charge is 2.13. The lowest BCUT2D eigenvalue weighted by molar-refractivity contribution is -0.122. The third kappa shape index (κ3) is 56.0. The molecule has 0 bridgehead atoms. The molecule has 0 unspecified atom stereocenters. The van der Waals surface area contributed by atoms with Crippen molar-refractivity contribution in [2.45, 2.75) is 304 Å². The minimum atomic E-state index is 0.112. The lowest BCUT2D eigenvalue weighted by Crippen LogP contribution is -2.37. The van der Waals surface area contributed by atoms with Gasteiger partial charge in [-0.2, -0.15) is 0 Å². The summed E-state index contributed by atoms with van der Waals surface area (Å²) >= 11 is 0. The Kier molecular flexibility index (Phi) is 58.2. The van der Waals surface area contributed by atoms with Gasteiger partial charge in [0.1, 0.15) is 0 Å². The molecule has 4 amide bonds. The Balaban J connectivity index is 5.01. The largest absolute Gasteiger partial charge is 0.356 e. The van der Waals surface area contributed by atoms with Crippen molar-refractivity contribution in [3.63, 3.8) is 0 Å². The van der Waals surface area contributed by atoms with Crippen LogP contribution in [-0.2, 0) is 19.2 Å². The Bertz CT molecular complexity index is 1170. The normalized spacial score (nSPS) is 11.5. The first-order valence-corrected chi connectivity index (χ1v) is 32.6. The molecule has 0 spiro atoms. The van der Waals surface area contributed by atoms with Crippen LogP contribution in [0, 0.1) is 0 Å². The average molecular weight is 1050 g/mol. The lowest BCUT2D eigenvalue weighted by Gasteiger charge is -2.24. The standard InChI is InChI=1S/C63H127N7O4/c1-5-9-13-17-21-25-29-33-38-48-65-60(71)44-52-64-53-59-70(58-47-63(74)68-51-41-36-32-28-24-20-16-12-8-4)55-43-37-42-54-69(56-45-61(72)66-49-39-34-30-26-22-18-14-10-6-2)57-46-62(73)67-50-40-35-31-27-23-19-15-11-7-3/h64H,5-59H2,1-4H3,(H,65,71)(H,66,72)(H,67,73)(H,68,74). The summed E-state index contributed by atoms with van der Waals surface area (Å²) in [6, 6.07) is 0. The zero-order valence-corrected chi connectivity index (χ0v) is 49.9. The van der Waals surface area contributed by atoms with Crippen LogP contribution in [0.1, 0.15) is 304 Å². The molecular formula is C63H127N7O4. The smallest absolute Gasteiger partial charge is 0.221 e. The Hall–Kier alpha value is -2.24. The van der Waals surface area contributed by atoms with Crippen LogP contribution in [0.15, 0.2) is 0 Å². The molecule has 0 aliphatic carbocycles. The molecule has 0 fully saturated rings. The molecule has 0 aliphatic heterocycles. The number of unbranched alkanes of at least 4 members (excludes halogenated alkanes) is 34. The molecule has 438 valence electrons. The van der Waals surface area contributed by atoms with Gasteiger partial charge in [-0.1, -0.05) is 240 Å². The molecule has 0 aromatic rings. The van der Waals surface area contributed by atoms with E-state index in [0.717, 1.165) is 104 Å². The quantitative estimate of drug-likeness (QED) is 0.0383. The molecule has 0 atom stereocenters. The molecule has 0 heterocycles. The summed E-state index contributed by atoms with van der Waals surface area (Å²) in [4.78, 5) is 56.1. The van der Waals surface area contributed by atoms with Crippen molar-refractivity contribution >= 4 is 23.6 Å². The van der Waals surface area contributed by atoms with Gasteiger partial charge in [0.2, 0.25) is 23.6 Å². The summed E-state index contributed by atoms with van der Waals surface area (Å²) in [5.41, 5.74) is 0. The molecule has 0 saturated carbocycles. The maximum atomic E-state index is 12.9. The molecule has 0 aromatic carbocycles. The van der Waals surface area contributed by atoms with Crippen LogP contribution in [0.2, 0.25) is 0 Å². The monoisotopic (exact) mass is 1050 g/mol. The summed E-state index contributed by atoms with van der Waals surface area (Å²) in [6.45, 7) is 18.2. The second-order valence-electron chi connectivity index (χ2n) is 22.2. The number of rotatable bonds is 61. The second-order valence-corrected chi connectivity index (χ2v) is 22.2. The number of nitrogens with one attached hydrogen (secondary N) is 5. The van der Waals surface area contributed by atoms with Crippen LogP contribution in [-0.4, -0.2) is 112 Å². The summed E-state index contributed by atoms with van der Waals surface area (Å²) in [5, 5.41) is 16.1. The van der Waals surface area contributed by atoms with Gasteiger partial charge in [-0.15, -0.1) is 0 Å². The summed E-state index contributed by atoms with van der Waals surface area (Å²) in [5.74, 6) is 0.480. The molecule has 0 aliphatic rings. The van der Waals surface area contributed by atoms with E-state index in [1.54, 1.807) is 0 Å². The second kappa shape index (κ2) is 60.0. The third-order valence-corrected chi connectivity index (χ3v) is 15.0. The van der Waals surface area contributed by atoms with Crippen LogP contribution in [0.25, 0.3) is 0 Å². The van der Waals surface area contributed by atoms with Gasteiger partial charge in [0.25, 0.3) is 0 Å². The topological polar surface area (TPSA) is 135 Å². The van der Waals surface area contributed by atoms with Crippen molar-refractivity contribution < 1.29 is 19.2 Å². The van der Waals surface area contributed by atoms with E-state index < -0.39 is 0 Å². The average Bonchev–Trinajstić information content (AvgIpc) is 3.40. The number of hydrogen-bond donors (Lipinski definition) is 5. The lowest BCUT2D eigenvalue weighted by atomic mass is 10.1. The van der Waals surface area contributed by atoms with Gasteiger partial charge in [-0.25, -0.2) is 0 Å². The van der Waals surface area contributed by atoms with Gasteiger partial charge in [-0.3, -0.25) is 19.2 Å². The highest BCUT2D eigenvalue weighted by atomic mass is 16.2. The number of carbonyl (C=O) groups is 4. The van der Waals surface area contributed by atoms with E-state index in [1.165, 1.54) is 205 Å². The van der Waals surface area contributed by atoms with Crippen LogP contribution >= 0.6 is 0 Å². The zero-order chi connectivity index (χ0) is 53.9. The van der Waals surface area contributed by atoms with E-state index in [0.29, 0.717) is 45.3 Å². The maximum Gasteiger partial charge on any atom is 0.221 e. The molecular weight excluding hydrogens is 919 g/mol. The van der Waals surface area contributed by atoms with Crippen LogP contribution < -0.4 is 26.6 Å². The van der Waals surface area contributed by atoms with Crippen molar-refractivity contribution in [2.24, 2.45) is 0 Å². The van der Waals surface area contributed by atoms with Gasteiger partial charge >= 0.3 is 0 Å². The fraction of sp³-hybridized carbons (Fsp3) is 0.937. The number of amides is 4. The number of carbonyl (C=O) groups excluding carboxylic acids is 4. The molecule has 0 radical (unpaired) electrons. The van der Waals surface area contributed by atoms with Crippen LogP contribution in [0.4, 0.5) is 0 Å². The molecule has 11 nitrogen and oxygen atoms in total. The first-order chi connectivity index (χ1) is 36.4. The van der Waals surface area contributed by atoms with Gasteiger partial charge < -0.3 is 36.4 Å². The Morgan fingerprint density at radius 2 is 0.459 bits per heavy atom. The molecule has 0 aromatic heterocycles. The van der Waals surface area contributed by atoms with Gasteiger partial charge in [0.15, 0.2) is 0 Å². The van der Waals surface area contributed by atoms with E-state index in [1.807, 2.05) is 0 Å². The van der Waals surface area contributed by atoms with Gasteiger partial charge in [-0.05, 0) is 51.6 Å². The third-order valence-electron chi connectivity index (χ3n) is 15.0. The molecule has 5 N–H and O–H groups in total. The molecule has 11 heteroatoms. The minimum Gasteiger partial charge on any atom is -0.356 e. The van der Waals surface area contributed by atoms with Crippen molar-refractivity contribution in [3.8, 4) is 0 Å². The van der Waals surface area contributed by atoms with Crippen LogP contribution in [0.3, 0.4) is 0 Å². The van der Waals surface area contributed by atoms with Gasteiger partial charge in [0, 0.05) is 91.1 Å². The fourth-order valence-corrected chi connectivity index (χ4v) is 9.87. The molecule has 74 heavy (non-hydrogen) atoms. The predicted octanol–water partition coefficient (Wildman–Crippen LogP) is 14.5. The van der Waals surface area contributed by atoms with E-state index in [9.17, 15) is 19.2 Å². The SMILES string of the molecule is CCCCCCCCCCCNC(=O)CCNCCN(CCCCCN(CCC(=O)NCCCCCCCCCCC)CCC(=O)NCCCCCCCCCCC)CCC(=O)NCCCCCCCCCCC. The van der Waals surface area contributed by atoms with E-state index in [2.05, 4.69) is 64.1 Å². The van der Waals surface area contributed by atoms with E-state index in [4.69, 9.17) is 0 Å². The summed E-state index contributed by atoms with van der Waals surface area (Å²) in [6.07, 6.45) is 50.8. The fourth-order valence-electron chi connectivity index (χ4n) is 9.87. The Labute approximate surface area is 459 Å². The Morgan fingerprint density at radius 1 is 0.230 bits per heavy atom. The Morgan fingerprint density at radius 3 is 0.743 bits per heavy atom. The first kappa shape index (κ1) is 71.8. The molecule has 0 rings (SSSR count). The zero-order valence-electron chi connectivity index (χ0n) is 49.9. The highest BCUT2D eigenvalue weighted by Crippen LogP contribution is 2.13. The van der Waals surface area contributed by atoms with E-state index in [-0.39, 0.29) is 23.6 Å². The highest BCUT2D eigenvalue weighted by molar-refractivity contribution is 5.77. The number of hydrogen-bond acceptors (Lipinski definition) is 7. The number of nitrogens with zero attached hydrogens (tertiary/aromatic N) is 2. The van der Waals surface area contributed by atoms with Crippen molar-refractivity contribution in [1.29, 1.82) is 0 Å². The minimum absolute atomic E-state index is 0.112.